The molecule has 17 heavy (non-hydrogen) atoms. The minimum atomic E-state index is -0.344. The Morgan fingerprint density at radius 1 is 1.47 bits per heavy atom. The van der Waals surface area contributed by atoms with E-state index in [1.165, 1.54) is 6.07 Å². The third-order valence-electron chi connectivity index (χ3n) is 2.60. The summed E-state index contributed by atoms with van der Waals surface area (Å²) in [6.07, 6.45) is 1.90. The molecule has 0 bridgehead atoms. The first kappa shape index (κ1) is 13.4. The molecule has 0 saturated carbocycles. The maximum absolute atomic E-state index is 10.9. The summed E-state index contributed by atoms with van der Waals surface area (Å²) in [7, 11) is 1.87. The average Bonchev–Trinajstić information content (AvgIpc) is 2.28. The normalized spacial score (nSPS) is 11.9. The minimum Gasteiger partial charge on any atom is -0.316 e. The van der Waals surface area contributed by atoms with Gasteiger partial charge in [-0.25, -0.2) is 0 Å². The molecule has 1 aromatic carbocycles. The zero-order valence-electron chi connectivity index (χ0n) is 10.4. The van der Waals surface area contributed by atoms with Gasteiger partial charge in [0.1, 0.15) is 0 Å². The van der Waals surface area contributed by atoms with Crippen LogP contribution in [-0.4, -0.2) is 18.5 Å². The Morgan fingerprint density at radius 2 is 2.12 bits per heavy atom. The number of hydrogen-bond acceptors (Lipinski definition) is 3. The van der Waals surface area contributed by atoms with Crippen LogP contribution in [0.25, 0.3) is 6.08 Å². The summed E-state index contributed by atoms with van der Waals surface area (Å²) < 4.78 is 0. The van der Waals surface area contributed by atoms with Crippen LogP contribution >= 0.6 is 0 Å². The SMILES string of the molecule is CNCC(=Cc1ccccc1[N+](=O)[O-])C(C)C. The summed E-state index contributed by atoms with van der Waals surface area (Å²) in [5, 5.41) is 14.0. The molecular weight excluding hydrogens is 216 g/mol. The second kappa shape index (κ2) is 6.15. The predicted molar refractivity (Wildman–Crippen MR) is 69.8 cm³/mol. The molecule has 0 aliphatic rings. The van der Waals surface area contributed by atoms with E-state index in [4.69, 9.17) is 0 Å². The molecule has 4 heteroatoms. The molecule has 1 aromatic rings. The average molecular weight is 234 g/mol. The van der Waals surface area contributed by atoms with Gasteiger partial charge in [0.15, 0.2) is 0 Å². The van der Waals surface area contributed by atoms with E-state index in [1.807, 2.05) is 19.2 Å². The maximum Gasteiger partial charge on any atom is 0.276 e. The standard InChI is InChI=1S/C13H18N2O2/c1-10(2)12(9-14-3)8-11-6-4-5-7-13(11)15(16)17/h4-8,10,14H,9H2,1-3H3. The van der Waals surface area contributed by atoms with E-state index >= 15 is 0 Å². The molecule has 0 aromatic heterocycles. The van der Waals surface area contributed by atoms with Crippen molar-refractivity contribution in [2.24, 2.45) is 5.92 Å². The number of hydrogen-bond donors (Lipinski definition) is 1. The van der Waals surface area contributed by atoms with Gasteiger partial charge in [-0.05, 0) is 25.1 Å². The Hall–Kier alpha value is -1.68. The molecule has 0 atom stereocenters. The summed E-state index contributed by atoms with van der Waals surface area (Å²) >= 11 is 0. The smallest absolute Gasteiger partial charge is 0.276 e. The van der Waals surface area contributed by atoms with E-state index in [2.05, 4.69) is 19.2 Å². The largest absolute Gasteiger partial charge is 0.316 e. The first-order chi connectivity index (χ1) is 8.06. The molecule has 0 radical (unpaired) electrons. The quantitative estimate of drug-likeness (QED) is 0.629. The van der Waals surface area contributed by atoms with Crippen LogP contribution in [0.3, 0.4) is 0 Å². The Labute approximate surface area is 101 Å². The van der Waals surface area contributed by atoms with Crippen molar-refractivity contribution in [2.45, 2.75) is 13.8 Å². The van der Waals surface area contributed by atoms with Crippen molar-refractivity contribution >= 4 is 11.8 Å². The zero-order chi connectivity index (χ0) is 12.8. The number of benzene rings is 1. The number of likely N-dealkylation sites (N-methyl/N-ethyl adjacent to an activating group) is 1. The summed E-state index contributed by atoms with van der Waals surface area (Å²) in [4.78, 5) is 10.5. The molecule has 0 aliphatic heterocycles. The lowest BCUT2D eigenvalue weighted by molar-refractivity contribution is -0.385. The summed E-state index contributed by atoms with van der Waals surface area (Å²) in [6, 6.07) is 6.80. The van der Waals surface area contributed by atoms with Crippen molar-refractivity contribution in [3.05, 3.63) is 45.5 Å². The Morgan fingerprint density at radius 3 is 2.65 bits per heavy atom. The van der Waals surface area contributed by atoms with E-state index in [9.17, 15) is 10.1 Å². The number of nitro groups is 1. The van der Waals surface area contributed by atoms with Crippen molar-refractivity contribution in [2.75, 3.05) is 13.6 Å². The number of nitro benzene ring substituents is 1. The zero-order valence-corrected chi connectivity index (χ0v) is 10.4. The van der Waals surface area contributed by atoms with Crippen LogP contribution in [0.1, 0.15) is 19.4 Å². The van der Waals surface area contributed by atoms with Gasteiger partial charge in [0.25, 0.3) is 5.69 Å². The fraction of sp³-hybridized carbons (Fsp3) is 0.385. The molecule has 0 fully saturated rings. The van der Waals surface area contributed by atoms with Crippen LogP contribution in [0.15, 0.2) is 29.8 Å². The molecule has 0 spiro atoms. The minimum absolute atomic E-state index is 0.154. The second-order valence-electron chi connectivity index (χ2n) is 4.22. The van der Waals surface area contributed by atoms with E-state index in [1.54, 1.807) is 12.1 Å². The Balaban J connectivity index is 3.14. The molecule has 0 heterocycles. The number of nitrogens with one attached hydrogen (secondary N) is 1. The second-order valence-corrected chi connectivity index (χ2v) is 4.22. The lowest BCUT2D eigenvalue weighted by atomic mass is 9.99. The number of nitrogens with zero attached hydrogens (tertiary/aromatic N) is 1. The van der Waals surface area contributed by atoms with Gasteiger partial charge in [-0.1, -0.05) is 31.6 Å². The van der Waals surface area contributed by atoms with Gasteiger partial charge in [-0.2, -0.15) is 0 Å². The number of para-hydroxylation sites is 1. The summed E-state index contributed by atoms with van der Waals surface area (Å²) in [5.41, 5.74) is 1.97. The fourth-order valence-corrected chi connectivity index (χ4v) is 1.60. The summed E-state index contributed by atoms with van der Waals surface area (Å²) in [6.45, 7) is 4.90. The van der Waals surface area contributed by atoms with Crippen molar-refractivity contribution in [1.82, 2.24) is 5.32 Å². The molecule has 0 aliphatic carbocycles. The van der Waals surface area contributed by atoms with Gasteiger partial charge >= 0.3 is 0 Å². The molecule has 0 unspecified atom stereocenters. The van der Waals surface area contributed by atoms with Crippen molar-refractivity contribution in [3.8, 4) is 0 Å². The third-order valence-corrected chi connectivity index (χ3v) is 2.60. The van der Waals surface area contributed by atoms with Crippen LogP contribution in [0.2, 0.25) is 0 Å². The fourth-order valence-electron chi connectivity index (χ4n) is 1.60. The first-order valence-electron chi connectivity index (χ1n) is 5.64. The van der Waals surface area contributed by atoms with Crippen LogP contribution in [0.4, 0.5) is 5.69 Å². The molecular formula is C13H18N2O2. The van der Waals surface area contributed by atoms with Crippen LogP contribution in [0.5, 0.6) is 0 Å². The van der Waals surface area contributed by atoms with Crippen LogP contribution in [0, 0.1) is 16.0 Å². The Bertz CT molecular complexity index is 425. The molecule has 0 amide bonds. The van der Waals surface area contributed by atoms with E-state index in [0.29, 0.717) is 11.5 Å². The van der Waals surface area contributed by atoms with Gasteiger partial charge < -0.3 is 5.32 Å². The van der Waals surface area contributed by atoms with E-state index in [0.717, 1.165) is 12.1 Å². The highest BCUT2D eigenvalue weighted by atomic mass is 16.6. The summed E-state index contributed by atoms with van der Waals surface area (Å²) in [5.74, 6) is 0.363. The van der Waals surface area contributed by atoms with Gasteiger partial charge in [-0.3, -0.25) is 10.1 Å². The molecule has 4 nitrogen and oxygen atoms in total. The van der Waals surface area contributed by atoms with E-state index < -0.39 is 0 Å². The van der Waals surface area contributed by atoms with Gasteiger partial charge in [0, 0.05) is 12.6 Å². The highest BCUT2D eigenvalue weighted by molar-refractivity contribution is 5.63. The van der Waals surface area contributed by atoms with Crippen molar-refractivity contribution in [1.29, 1.82) is 0 Å². The predicted octanol–water partition coefficient (Wildman–Crippen LogP) is 2.85. The number of rotatable bonds is 5. The van der Waals surface area contributed by atoms with Crippen molar-refractivity contribution in [3.63, 3.8) is 0 Å². The highest BCUT2D eigenvalue weighted by Gasteiger charge is 2.11. The maximum atomic E-state index is 10.9. The molecule has 92 valence electrons. The van der Waals surface area contributed by atoms with Crippen LogP contribution in [-0.2, 0) is 0 Å². The van der Waals surface area contributed by atoms with Crippen molar-refractivity contribution < 1.29 is 4.92 Å². The molecule has 1 rings (SSSR count). The van der Waals surface area contributed by atoms with Crippen LogP contribution < -0.4 is 5.32 Å². The van der Waals surface area contributed by atoms with Gasteiger partial charge in [0.2, 0.25) is 0 Å². The lowest BCUT2D eigenvalue weighted by Crippen LogP contribution is -2.14. The third kappa shape index (κ3) is 3.67. The molecule has 1 N–H and O–H groups in total. The monoisotopic (exact) mass is 234 g/mol. The topological polar surface area (TPSA) is 55.2 Å². The highest BCUT2D eigenvalue weighted by Crippen LogP contribution is 2.22. The lowest BCUT2D eigenvalue weighted by Gasteiger charge is -2.10. The van der Waals surface area contributed by atoms with E-state index in [-0.39, 0.29) is 10.6 Å². The Kier molecular flexibility index (Phi) is 4.84. The molecule has 0 saturated heterocycles. The first-order valence-corrected chi connectivity index (χ1v) is 5.64. The van der Waals surface area contributed by atoms with Gasteiger partial charge in [-0.15, -0.1) is 0 Å². The van der Waals surface area contributed by atoms with Gasteiger partial charge in [0.05, 0.1) is 10.5 Å².